The average Bonchev–Trinajstić information content (AvgIpc) is 3.21. The smallest absolute Gasteiger partial charge is 0.326 e. The van der Waals surface area contributed by atoms with Crippen molar-refractivity contribution in [2.45, 2.75) is 32.2 Å². The minimum atomic E-state index is -1.07. The van der Waals surface area contributed by atoms with Gasteiger partial charge in [-0.2, -0.15) is 0 Å². The van der Waals surface area contributed by atoms with Crippen LogP contribution in [-0.4, -0.2) is 32.2 Å². The lowest BCUT2D eigenvalue weighted by molar-refractivity contribution is -0.145. The van der Waals surface area contributed by atoms with Crippen molar-refractivity contribution in [1.29, 1.82) is 0 Å². The molecule has 9 heteroatoms. The molecule has 2 aromatic rings. The first-order valence-corrected chi connectivity index (χ1v) is 10.9. The van der Waals surface area contributed by atoms with Gasteiger partial charge in [-0.05, 0) is 30.7 Å². The van der Waals surface area contributed by atoms with Crippen LogP contribution < -0.4 is 0 Å². The second-order valence-corrected chi connectivity index (χ2v) is 8.84. The summed E-state index contributed by atoms with van der Waals surface area (Å²) in [6, 6.07) is 7.58. The Balaban J connectivity index is 1.87. The quantitative estimate of drug-likeness (QED) is 0.390. The van der Waals surface area contributed by atoms with Gasteiger partial charge in [0.2, 0.25) is 0 Å². The number of aliphatic carboxylic acids is 1. The maximum absolute atomic E-state index is 12.8. The maximum atomic E-state index is 12.8. The topological polar surface area (TPSA) is 70.8 Å². The van der Waals surface area contributed by atoms with Gasteiger partial charge in [0.05, 0.1) is 20.5 Å². The van der Waals surface area contributed by atoms with Crippen molar-refractivity contribution in [2.75, 3.05) is 0 Å². The summed E-state index contributed by atoms with van der Waals surface area (Å²) in [6.45, 7) is 1.96. The lowest BCUT2D eigenvalue weighted by atomic mass is 10.1. The zero-order valence-electron chi connectivity index (χ0n) is 15.4. The number of carboxylic acids is 1. The lowest BCUT2D eigenvalue weighted by Crippen LogP contribution is -2.43. The first kappa shape index (κ1) is 21.9. The van der Waals surface area contributed by atoms with Gasteiger partial charge in [0.15, 0.2) is 0 Å². The van der Waals surface area contributed by atoms with Crippen LogP contribution in [0.2, 0.25) is 10.0 Å². The van der Waals surface area contributed by atoms with Crippen LogP contribution in [0.4, 0.5) is 0 Å². The molecule has 5 nitrogen and oxygen atoms in total. The third-order valence-electron chi connectivity index (χ3n) is 4.36. The molecule has 1 aromatic heterocycles. The number of thioether (sulfide) groups is 1. The number of hydrogen-bond acceptors (Lipinski definition) is 5. The van der Waals surface area contributed by atoms with E-state index in [1.807, 2.05) is 6.92 Å². The third-order valence-corrected chi connectivity index (χ3v) is 6.32. The monoisotopic (exact) mass is 469 g/mol. The van der Waals surface area contributed by atoms with Gasteiger partial charge in [0.1, 0.15) is 21.9 Å². The Bertz CT molecular complexity index is 982. The van der Waals surface area contributed by atoms with Crippen molar-refractivity contribution in [3.63, 3.8) is 0 Å². The summed E-state index contributed by atoms with van der Waals surface area (Å²) in [7, 11) is 0. The minimum absolute atomic E-state index is 0.227. The standard InChI is InChI=1S/C20H17Cl2NO4S2/c1-2-3-7-14(19(25)26)23-18(24)16(29-20(23)28)10-11-8-9-15(27-11)17-12(21)5-4-6-13(17)22/h4-6,8-10,14H,2-3,7H2,1H3,(H,25,26)/b16-10+. The van der Waals surface area contributed by atoms with Gasteiger partial charge in [-0.15, -0.1) is 0 Å². The van der Waals surface area contributed by atoms with Gasteiger partial charge < -0.3 is 9.52 Å². The van der Waals surface area contributed by atoms with Gasteiger partial charge in [-0.25, -0.2) is 4.79 Å². The molecule has 0 saturated carbocycles. The Morgan fingerprint density at radius 2 is 2.00 bits per heavy atom. The Labute approximate surface area is 187 Å². The summed E-state index contributed by atoms with van der Waals surface area (Å²) in [6.07, 6.45) is 3.41. The number of benzene rings is 1. The van der Waals surface area contributed by atoms with Crippen molar-refractivity contribution >= 4 is 69.5 Å². The van der Waals surface area contributed by atoms with E-state index in [9.17, 15) is 14.7 Å². The molecular weight excluding hydrogens is 453 g/mol. The second-order valence-electron chi connectivity index (χ2n) is 6.35. The third kappa shape index (κ3) is 4.69. The fraction of sp³-hybridized carbons (Fsp3) is 0.250. The van der Waals surface area contributed by atoms with Gasteiger partial charge in [-0.1, -0.05) is 73.0 Å². The summed E-state index contributed by atoms with van der Waals surface area (Å²) < 4.78 is 6.02. The zero-order chi connectivity index (χ0) is 21.1. The number of nitrogens with zero attached hydrogens (tertiary/aromatic N) is 1. The van der Waals surface area contributed by atoms with E-state index in [1.54, 1.807) is 36.4 Å². The molecule has 0 radical (unpaired) electrons. The molecule has 1 aromatic carbocycles. The highest BCUT2D eigenvalue weighted by molar-refractivity contribution is 8.26. The largest absolute Gasteiger partial charge is 0.480 e. The van der Waals surface area contributed by atoms with Crippen molar-refractivity contribution in [2.24, 2.45) is 0 Å². The molecule has 1 aliphatic heterocycles. The first-order valence-electron chi connectivity index (χ1n) is 8.87. The molecule has 1 amide bonds. The van der Waals surface area contributed by atoms with Gasteiger partial charge in [-0.3, -0.25) is 9.69 Å². The van der Waals surface area contributed by atoms with Crippen LogP contribution in [-0.2, 0) is 9.59 Å². The van der Waals surface area contributed by atoms with Crippen LogP contribution in [0.5, 0.6) is 0 Å². The zero-order valence-corrected chi connectivity index (χ0v) is 18.5. The predicted octanol–water partition coefficient (Wildman–Crippen LogP) is 6.10. The SMILES string of the molecule is CCCCC(C(=O)O)N1C(=O)/C(=C\c2ccc(-c3c(Cl)cccc3Cl)o2)SC1=S. The molecule has 0 bridgehead atoms. The molecule has 152 valence electrons. The number of hydrogen-bond donors (Lipinski definition) is 1. The van der Waals surface area contributed by atoms with E-state index in [0.717, 1.165) is 18.2 Å². The van der Waals surface area contributed by atoms with E-state index >= 15 is 0 Å². The molecule has 29 heavy (non-hydrogen) atoms. The molecule has 0 spiro atoms. The number of carboxylic acid groups (broad SMARTS) is 1. The van der Waals surface area contributed by atoms with E-state index in [1.165, 1.54) is 4.90 Å². The average molecular weight is 470 g/mol. The van der Waals surface area contributed by atoms with Crippen molar-refractivity contribution < 1.29 is 19.1 Å². The number of thiocarbonyl (C=S) groups is 1. The second kappa shape index (κ2) is 9.34. The Morgan fingerprint density at radius 3 is 2.62 bits per heavy atom. The highest BCUT2D eigenvalue weighted by atomic mass is 35.5. The van der Waals surface area contributed by atoms with Crippen molar-refractivity contribution in [3.8, 4) is 11.3 Å². The highest BCUT2D eigenvalue weighted by Crippen LogP contribution is 2.38. The predicted molar refractivity (Wildman–Crippen MR) is 120 cm³/mol. The van der Waals surface area contributed by atoms with Crippen LogP contribution in [0.15, 0.2) is 39.7 Å². The first-order chi connectivity index (χ1) is 13.8. The van der Waals surface area contributed by atoms with Gasteiger partial charge in [0.25, 0.3) is 5.91 Å². The Morgan fingerprint density at radius 1 is 1.31 bits per heavy atom. The number of carbonyl (C=O) groups excluding carboxylic acids is 1. The summed E-state index contributed by atoms with van der Waals surface area (Å²) >= 11 is 18.8. The molecule has 1 atom stereocenters. The molecule has 1 N–H and O–H groups in total. The molecule has 1 fully saturated rings. The number of furan rings is 1. The molecule has 3 rings (SSSR count). The summed E-state index contributed by atoms with van der Waals surface area (Å²) in [4.78, 5) is 26.0. The van der Waals surface area contributed by atoms with E-state index in [-0.39, 0.29) is 4.32 Å². The Kier molecular flexibility index (Phi) is 7.05. The molecule has 1 aliphatic rings. The van der Waals surface area contributed by atoms with Crippen molar-refractivity contribution in [3.05, 3.63) is 51.0 Å². The fourth-order valence-electron chi connectivity index (χ4n) is 2.94. The molecule has 0 aliphatic carbocycles. The molecule has 1 saturated heterocycles. The number of carbonyl (C=O) groups is 2. The van der Waals surface area contributed by atoms with Crippen molar-refractivity contribution in [1.82, 2.24) is 4.90 Å². The van der Waals surface area contributed by atoms with E-state index < -0.39 is 17.9 Å². The molecule has 2 heterocycles. The van der Waals surface area contributed by atoms with Crippen LogP contribution in [0.25, 0.3) is 17.4 Å². The molecular formula is C20H17Cl2NO4S2. The summed E-state index contributed by atoms with van der Waals surface area (Å²) in [5.74, 6) is -0.618. The Hall–Kier alpha value is -1.80. The van der Waals surface area contributed by atoms with Gasteiger partial charge in [0, 0.05) is 6.08 Å². The summed E-state index contributed by atoms with van der Waals surface area (Å²) in [5, 5.41) is 10.4. The van der Waals surface area contributed by atoms with Crippen LogP contribution in [0.3, 0.4) is 0 Å². The van der Waals surface area contributed by atoms with E-state index in [0.29, 0.717) is 44.9 Å². The van der Waals surface area contributed by atoms with E-state index in [2.05, 4.69) is 0 Å². The number of unbranched alkanes of at least 4 members (excludes halogenated alkanes) is 1. The maximum Gasteiger partial charge on any atom is 0.326 e. The number of rotatable bonds is 7. The summed E-state index contributed by atoms with van der Waals surface area (Å²) in [5.41, 5.74) is 0.563. The van der Waals surface area contributed by atoms with Gasteiger partial charge >= 0.3 is 5.97 Å². The van der Waals surface area contributed by atoms with Crippen LogP contribution in [0.1, 0.15) is 31.9 Å². The fourth-order valence-corrected chi connectivity index (χ4v) is 4.86. The van der Waals surface area contributed by atoms with E-state index in [4.69, 9.17) is 39.8 Å². The lowest BCUT2D eigenvalue weighted by Gasteiger charge is -2.22. The molecule has 1 unspecified atom stereocenters. The highest BCUT2D eigenvalue weighted by Gasteiger charge is 2.40. The van der Waals surface area contributed by atoms with Crippen LogP contribution in [0, 0.1) is 0 Å². The number of halogens is 2. The van der Waals surface area contributed by atoms with Crippen LogP contribution >= 0.6 is 47.2 Å². The normalized spacial score (nSPS) is 16.7. The number of amides is 1. The minimum Gasteiger partial charge on any atom is -0.480 e.